The van der Waals surface area contributed by atoms with Crippen LogP contribution in [0.25, 0.3) is 0 Å². The fourth-order valence-corrected chi connectivity index (χ4v) is 5.51. The number of nitrogens with zero attached hydrogens (tertiary/aromatic N) is 3. The van der Waals surface area contributed by atoms with Gasteiger partial charge in [0.1, 0.15) is 23.4 Å². The molecule has 0 radical (unpaired) electrons. The first-order chi connectivity index (χ1) is 15.0. The van der Waals surface area contributed by atoms with Gasteiger partial charge in [-0.15, -0.1) is 16.4 Å². The van der Waals surface area contributed by atoms with Crippen LogP contribution in [0, 0.1) is 25.2 Å². The number of benzene rings is 1. The summed E-state index contributed by atoms with van der Waals surface area (Å²) in [5, 5.41) is 20.6. The Balaban J connectivity index is 1.31. The first kappa shape index (κ1) is 21.4. The third-order valence-electron chi connectivity index (χ3n) is 5.14. The second kappa shape index (κ2) is 9.54. The van der Waals surface area contributed by atoms with Crippen LogP contribution >= 0.6 is 23.1 Å². The highest BCUT2D eigenvalue weighted by atomic mass is 32.2. The highest BCUT2D eigenvalue weighted by Gasteiger charge is 2.22. The summed E-state index contributed by atoms with van der Waals surface area (Å²) in [6.45, 7) is 4.28. The Labute approximate surface area is 189 Å². The highest BCUT2D eigenvalue weighted by molar-refractivity contribution is 7.99. The van der Waals surface area contributed by atoms with Crippen LogP contribution in [0.15, 0.2) is 23.4 Å². The van der Waals surface area contributed by atoms with Crippen LogP contribution in [0.5, 0.6) is 5.75 Å². The van der Waals surface area contributed by atoms with Gasteiger partial charge in [0.05, 0.1) is 11.3 Å². The number of hydrogen-bond donors (Lipinski definition) is 2. The van der Waals surface area contributed by atoms with Crippen LogP contribution in [-0.4, -0.2) is 26.8 Å². The van der Waals surface area contributed by atoms with Crippen molar-refractivity contribution in [2.45, 2.75) is 51.3 Å². The van der Waals surface area contributed by atoms with Gasteiger partial charge in [-0.2, -0.15) is 5.26 Å². The molecule has 0 atom stereocenters. The summed E-state index contributed by atoms with van der Waals surface area (Å²) < 4.78 is 5.89. The zero-order valence-corrected chi connectivity index (χ0v) is 19.1. The predicted molar refractivity (Wildman–Crippen MR) is 122 cm³/mol. The van der Waals surface area contributed by atoms with Crippen LogP contribution < -0.4 is 10.1 Å². The minimum atomic E-state index is -0.168. The summed E-state index contributed by atoms with van der Waals surface area (Å²) in [5.41, 5.74) is 3.88. The Hall–Kier alpha value is -2.83. The molecule has 0 unspecified atom stereocenters. The summed E-state index contributed by atoms with van der Waals surface area (Å²) in [6, 6.07) is 8.27. The lowest BCUT2D eigenvalue weighted by molar-refractivity contribution is -0.113. The minimum Gasteiger partial charge on any atom is -0.485 e. The summed E-state index contributed by atoms with van der Waals surface area (Å²) in [5.74, 6) is 1.45. The number of para-hydroxylation sites is 1. The number of ether oxygens (including phenoxy) is 1. The van der Waals surface area contributed by atoms with Crippen molar-refractivity contribution in [2.24, 2.45) is 0 Å². The highest BCUT2D eigenvalue weighted by Crippen LogP contribution is 2.37. The van der Waals surface area contributed by atoms with Gasteiger partial charge in [0.25, 0.3) is 0 Å². The maximum absolute atomic E-state index is 12.4. The van der Waals surface area contributed by atoms with Gasteiger partial charge < -0.3 is 10.1 Å². The van der Waals surface area contributed by atoms with E-state index in [4.69, 9.17) is 4.74 Å². The standard InChI is InChI=1S/C22H23N5O2S2/c1-13-6-5-7-14(2)20(13)29-11-18-24-22(27-26-18)30-12-19(28)25-21-16(10-23)15-8-3-4-9-17(15)31-21/h5-7H,3-4,8-9,11-12H2,1-2H3,(H,25,28)(H,24,26,27). The maximum Gasteiger partial charge on any atom is 0.235 e. The number of aryl methyl sites for hydroxylation is 3. The molecule has 0 fully saturated rings. The number of rotatable bonds is 7. The molecule has 160 valence electrons. The van der Waals surface area contributed by atoms with Crippen molar-refractivity contribution in [3.63, 3.8) is 0 Å². The molecule has 0 bridgehead atoms. The van der Waals surface area contributed by atoms with Gasteiger partial charge in [0.15, 0.2) is 5.82 Å². The lowest BCUT2D eigenvalue weighted by atomic mass is 9.96. The Morgan fingerprint density at radius 1 is 1.32 bits per heavy atom. The molecule has 1 amide bonds. The summed E-state index contributed by atoms with van der Waals surface area (Å²) in [4.78, 5) is 18.1. The van der Waals surface area contributed by atoms with Gasteiger partial charge in [-0.1, -0.05) is 30.0 Å². The second-order valence-corrected chi connectivity index (χ2v) is 9.49. The van der Waals surface area contributed by atoms with Crippen molar-refractivity contribution < 1.29 is 9.53 Å². The van der Waals surface area contributed by atoms with Gasteiger partial charge >= 0.3 is 0 Å². The quantitative estimate of drug-likeness (QED) is 0.509. The third kappa shape index (κ3) is 4.92. The number of thiophene rings is 1. The van der Waals surface area contributed by atoms with E-state index in [1.165, 1.54) is 28.0 Å². The van der Waals surface area contributed by atoms with Gasteiger partial charge in [0.2, 0.25) is 11.1 Å². The number of nitriles is 1. The average molecular weight is 454 g/mol. The molecule has 0 saturated carbocycles. The minimum absolute atomic E-state index is 0.168. The van der Waals surface area contributed by atoms with E-state index >= 15 is 0 Å². The van der Waals surface area contributed by atoms with E-state index in [-0.39, 0.29) is 18.3 Å². The van der Waals surface area contributed by atoms with Crippen LogP contribution in [-0.2, 0) is 24.2 Å². The largest absolute Gasteiger partial charge is 0.485 e. The summed E-state index contributed by atoms with van der Waals surface area (Å²) in [6.07, 6.45) is 4.15. The van der Waals surface area contributed by atoms with Crippen LogP contribution in [0.2, 0.25) is 0 Å². The molecule has 31 heavy (non-hydrogen) atoms. The number of aromatic amines is 1. The normalized spacial score (nSPS) is 12.8. The monoisotopic (exact) mass is 453 g/mol. The summed E-state index contributed by atoms with van der Waals surface area (Å²) in [7, 11) is 0. The molecule has 1 aliphatic carbocycles. The molecule has 1 aliphatic rings. The van der Waals surface area contributed by atoms with E-state index in [0.717, 1.165) is 48.1 Å². The fraction of sp³-hybridized carbons (Fsp3) is 0.364. The zero-order valence-electron chi connectivity index (χ0n) is 17.4. The van der Waals surface area contributed by atoms with Crippen molar-refractivity contribution in [3.8, 4) is 11.8 Å². The lowest BCUT2D eigenvalue weighted by Crippen LogP contribution is -2.14. The van der Waals surface area contributed by atoms with Gasteiger partial charge in [0, 0.05) is 4.88 Å². The number of thioether (sulfide) groups is 1. The van der Waals surface area contributed by atoms with E-state index in [2.05, 4.69) is 26.6 Å². The fourth-order valence-electron chi connectivity index (χ4n) is 3.64. The van der Waals surface area contributed by atoms with Crippen molar-refractivity contribution in [2.75, 3.05) is 11.1 Å². The number of hydrogen-bond acceptors (Lipinski definition) is 7. The van der Waals surface area contributed by atoms with Gasteiger partial charge in [-0.3, -0.25) is 9.89 Å². The van der Waals surface area contributed by atoms with Crippen molar-refractivity contribution >= 4 is 34.0 Å². The van der Waals surface area contributed by atoms with E-state index in [1.54, 1.807) is 0 Å². The first-order valence-electron chi connectivity index (χ1n) is 10.1. The van der Waals surface area contributed by atoms with Crippen LogP contribution in [0.4, 0.5) is 5.00 Å². The molecule has 9 heteroatoms. The zero-order chi connectivity index (χ0) is 21.8. The van der Waals surface area contributed by atoms with E-state index in [0.29, 0.717) is 21.5 Å². The molecular formula is C22H23N5O2S2. The van der Waals surface area contributed by atoms with Crippen molar-refractivity contribution in [1.82, 2.24) is 15.2 Å². The topological polar surface area (TPSA) is 104 Å². The Morgan fingerprint density at radius 3 is 2.87 bits per heavy atom. The molecule has 0 saturated heterocycles. The number of aromatic nitrogens is 3. The number of H-pyrrole nitrogens is 1. The third-order valence-corrected chi connectivity index (χ3v) is 7.20. The molecule has 0 spiro atoms. The Bertz CT molecular complexity index is 1130. The van der Waals surface area contributed by atoms with Crippen molar-refractivity contribution in [3.05, 3.63) is 51.2 Å². The molecule has 2 aromatic heterocycles. The number of fused-ring (bicyclic) bond motifs is 1. The van der Waals surface area contributed by atoms with Crippen molar-refractivity contribution in [1.29, 1.82) is 5.26 Å². The number of anilines is 1. The number of carbonyl (C=O) groups is 1. The Kier molecular flexibility index (Phi) is 6.59. The molecular weight excluding hydrogens is 430 g/mol. The predicted octanol–water partition coefficient (Wildman–Crippen LogP) is 4.54. The molecule has 7 nitrogen and oxygen atoms in total. The Morgan fingerprint density at radius 2 is 2.10 bits per heavy atom. The van der Waals surface area contributed by atoms with E-state index in [1.807, 2.05) is 32.0 Å². The lowest BCUT2D eigenvalue weighted by Gasteiger charge is -2.10. The number of amides is 1. The molecule has 2 N–H and O–H groups in total. The molecule has 2 heterocycles. The second-order valence-electron chi connectivity index (χ2n) is 7.44. The van der Waals surface area contributed by atoms with Crippen LogP contribution in [0.1, 0.15) is 45.8 Å². The number of carbonyl (C=O) groups excluding carboxylic acids is 1. The maximum atomic E-state index is 12.4. The molecule has 3 aromatic rings. The van der Waals surface area contributed by atoms with E-state index in [9.17, 15) is 10.1 Å². The molecule has 1 aromatic carbocycles. The smallest absolute Gasteiger partial charge is 0.235 e. The van der Waals surface area contributed by atoms with Crippen LogP contribution in [0.3, 0.4) is 0 Å². The molecule has 4 rings (SSSR count). The molecule has 0 aliphatic heterocycles. The SMILES string of the molecule is Cc1cccc(C)c1OCc1nc(SCC(=O)Nc2sc3c(c2C#N)CCCC3)n[nH]1. The first-order valence-corrected chi connectivity index (χ1v) is 11.9. The van der Waals surface area contributed by atoms with Gasteiger partial charge in [-0.25, -0.2) is 4.98 Å². The summed E-state index contributed by atoms with van der Waals surface area (Å²) >= 11 is 2.78. The van der Waals surface area contributed by atoms with Gasteiger partial charge in [-0.05, 0) is 56.2 Å². The number of nitrogens with one attached hydrogen (secondary N) is 2. The average Bonchev–Trinajstić information content (AvgIpc) is 3.35. The van der Waals surface area contributed by atoms with E-state index < -0.39 is 0 Å².